The molecule has 174 valence electrons. The standard InChI is InChI=1S/C27H23F2NO4/c1-31-23-7-6-16-18(11-19-21(28)4-3-5-22(19)29)26-17-12-25-24(33-14-34-25)10-15(17)8-9-30(26)13-20(16)27(23)32-2/h3-7,10,12-13,26H,8-9,11,14H2,1-2H3. The second-order valence-corrected chi connectivity index (χ2v) is 8.59. The van der Waals surface area contributed by atoms with Gasteiger partial charge in [0, 0.05) is 29.9 Å². The lowest BCUT2D eigenvalue weighted by Gasteiger charge is -2.40. The third-order valence-electron chi connectivity index (χ3n) is 6.88. The lowest BCUT2D eigenvalue weighted by molar-refractivity contribution is 0.174. The summed E-state index contributed by atoms with van der Waals surface area (Å²) in [6.07, 6.45) is 2.99. The van der Waals surface area contributed by atoms with E-state index in [2.05, 4.69) is 11.1 Å². The Bertz CT molecular complexity index is 1420. The minimum absolute atomic E-state index is 0.0490. The molecule has 3 aromatic rings. The van der Waals surface area contributed by atoms with Crippen LogP contribution in [0.25, 0.3) is 11.8 Å². The Hall–Kier alpha value is -3.74. The van der Waals surface area contributed by atoms with Gasteiger partial charge in [-0.1, -0.05) is 12.1 Å². The molecule has 0 saturated heterocycles. The molecule has 1 atom stereocenters. The van der Waals surface area contributed by atoms with Crippen LogP contribution in [-0.2, 0) is 12.8 Å². The van der Waals surface area contributed by atoms with Crippen molar-refractivity contribution in [2.75, 3.05) is 27.6 Å². The monoisotopic (exact) mass is 463 g/mol. The highest BCUT2D eigenvalue weighted by atomic mass is 19.1. The number of rotatable bonds is 4. The molecule has 3 aliphatic rings. The second-order valence-electron chi connectivity index (χ2n) is 8.59. The lowest BCUT2D eigenvalue weighted by atomic mass is 9.82. The van der Waals surface area contributed by atoms with Crippen LogP contribution in [0.4, 0.5) is 8.78 Å². The summed E-state index contributed by atoms with van der Waals surface area (Å²) in [6, 6.07) is 11.6. The Morgan fingerprint density at radius 1 is 1.00 bits per heavy atom. The molecule has 1 unspecified atom stereocenters. The molecular formula is C27H23F2NO4. The van der Waals surface area contributed by atoms with Gasteiger partial charge in [0.1, 0.15) is 11.6 Å². The molecule has 0 spiro atoms. The van der Waals surface area contributed by atoms with Crippen molar-refractivity contribution in [1.29, 1.82) is 0 Å². The molecule has 0 aliphatic carbocycles. The van der Waals surface area contributed by atoms with E-state index in [1.807, 2.05) is 24.3 Å². The van der Waals surface area contributed by atoms with E-state index in [0.29, 0.717) is 17.2 Å². The maximum absolute atomic E-state index is 14.8. The van der Waals surface area contributed by atoms with E-state index in [-0.39, 0.29) is 24.8 Å². The molecule has 0 saturated carbocycles. The van der Waals surface area contributed by atoms with Gasteiger partial charge in [-0.2, -0.15) is 0 Å². The summed E-state index contributed by atoms with van der Waals surface area (Å²) >= 11 is 0. The molecular weight excluding hydrogens is 440 g/mol. The molecule has 3 aliphatic heterocycles. The topological polar surface area (TPSA) is 40.2 Å². The maximum Gasteiger partial charge on any atom is 0.231 e. The van der Waals surface area contributed by atoms with E-state index in [4.69, 9.17) is 18.9 Å². The number of fused-ring (bicyclic) bond motifs is 5. The fourth-order valence-electron chi connectivity index (χ4n) is 5.31. The van der Waals surface area contributed by atoms with E-state index in [9.17, 15) is 8.78 Å². The van der Waals surface area contributed by atoms with Crippen molar-refractivity contribution in [1.82, 2.24) is 4.90 Å². The number of benzene rings is 3. The predicted octanol–water partition coefficient (Wildman–Crippen LogP) is 3.46. The zero-order chi connectivity index (χ0) is 23.4. The molecule has 0 bridgehead atoms. The number of halogens is 2. The average molecular weight is 463 g/mol. The van der Waals surface area contributed by atoms with E-state index in [1.165, 1.54) is 18.2 Å². The van der Waals surface area contributed by atoms with E-state index >= 15 is 0 Å². The molecule has 0 radical (unpaired) electrons. The van der Waals surface area contributed by atoms with Crippen molar-refractivity contribution in [2.45, 2.75) is 18.9 Å². The van der Waals surface area contributed by atoms with Crippen LogP contribution < -0.4 is 29.4 Å². The van der Waals surface area contributed by atoms with Gasteiger partial charge >= 0.3 is 0 Å². The molecule has 0 fully saturated rings. The maximum atomic E-state index is 14.8. The Kier molecular flexibility index (Phi) is 4.86. The van der Waals surface area contributed by atoms with Gasteiger partial charge in [0.25, 0.3) is 0 Å². The third-order valence-corrected chi connectivity index (χ3v) is 6.88. The third kappa shape index (κ3) is 3.10. The molecule has 34 heavy (non-hydrogen) atoms. The number of hydrogen-bond acceptors (Lipinski definition) is 5. The van der Waals surface area contributed by atoms with Crippen LogP contribution in [0.2, 0.25) is 0 Å². The van der Waals surface area contributed by atoms with Crippen molar-refractivity contribution >= 4 is 11.8 Å². The quantitative estimate of drug-likeness (QED) is 0.593. The summed E-state index contributed by atoms with van der Waals surface area (Å²) < 4.78 is 52.0. The minimum atomic E-state index is -0.558. The van der Waals surface area contributed by atoms with Gasteiger partial charge in [-0.15, -0.1) is 0 Å². The van der Waals surface area contributed by atoms with Gasteiger partial charge in [-0.25, -0.2) is 8.78 Å². The summed E-state index contributed by atoms with van der Waals surface area (Å²) in [6.45, 7) is 0.927. The summed E-state index contributed by atoms with van der Waals surface area (Å²) in [5, 5.41) is 1.72. The molecule has 0 N–H and O–H groups in total. The summed E-state index contributed by atoms with van der Waals surface area (Å²) in [7, 11) is 3.19. The zero-order valence-electron chi connectivity index (χ0n) is 18.9. The molecule has 3 aromatic carbocycles. The van der Waals surface area contributed by atoms with Crippen LogP contribution in [0.5, 0.6) is 23.0 Å². The number of nitrogens with zero attached hydrogens (tertiary/aromatic N) is 1. The van der Waals surface area contributed by atoms with Crippen molar-refractivity contribution < 1.29 is 27.7 Å². The molecule has 6 rings (SSSR count). The van der Waals surface area contributed by atoms with Crippen molar-refractivity contribution in [3.8, 4) is 23.0 Å². The van der Waals surface area contributed by atoms with E-state index in [0.717, 1.165) is 45.9 Å². The van der Waals surface area contributed by atoms with Gasteiger partial charge in [0.2, 0.25) is 6.79 Å². The molecule has 3 heterocycles. The fourth-order valence-corrected chi connectivity index (χ4v) is 5.31. The first kappa shape index (κ1) is 20.8. The van der Waals surface area contributed by atoms with E-state index < -0.39 is 11.6 Å². The van der Waals surface area contributed by atoms with Crippen LogP contribution >= 0.6 is 0 Å². The highest BCUT2D eigenvalue weighted by Gasteiger charge is 2.34. The Labute approximate surface area is 195 Å². The van der Waals surface area contributed by atoms with Crippen LogP contribution in [0.3, 0.4) is 0 Å². The number of hydrogen-bond donors (Lipinski definition) is 0. The van der Waals surface area contributed by atoms with Gasteiger partial charge in [0.05, 0.1) is 20.3 Å². The van der Waals surface area contributed by atoms with Crippen LogP contribution in [0.1, 0.15) is 22.7 Å². The molecule has 0 amide bonds. The zero-order valence-corrected chi connectivity index (χ0v) is 18.9. The van der Waals surface area contributed by atoms with Gasteiger partial charge in [-0.3, -0.25) is 0 Å². The van der Waals surface area contributed by atoms with Crippen LogP contribution in [0.15, 0.2) is 42.5 Å². The summed E-state index contributed by atoms with van der Waals surface area (Å²) in [5.41, 5.74) is 3.14. The van der Waals surface area contributed by atoms with Gasteiger partial charge < -0.3 is 23.8 Å². The van der Waals surface area contributed by atoms with Crippen molar-refractivity contribution in [3.63, 3.8) is 0 Å². The first-order chi connectivity index (χ1) is 16.6. The lowest BCUT2D eigenvalue weighted by Crippen LogP contribution is -2.44. The highest BCUT2D eigenvalue weighted by Crippen LogP contribution is 2.44. The first-order valence-corrected chi connectivity index (χ1v) is 11.2. The average Bonchev–Trinajstić information content (AvgIpc) is 3.31. The smallest absolute Gasteiger partial charge is 0.231 e. The van der Waals surface area contributed by atoms with Crippen molar-refractivity contribution in [2.24, 2.45) is 0 Å². The summed E-state index contributed by atoms with van der Waals surface area (Å²) in [4.78, 5) is 2.21. The van der Waals surface area contributed by atoms with Gasteiger partial charge in [-0.05, 0) is 58.7 Å². The van der Waals surface area contributed by atoms with Crippen LogP contribution in [0, 0.1) is 11.6 Å². The first-order valence-electron chi connectivity index (χ1n) is 11.2. The number of methoxy groups -OCH3 is 2. The minimum Gasteiger partial charge on any atom is -0.493 e. The fraction of sp³-hybridized carbons (Fsp3) is 0.259. The Balaban J connectivity index is 1.63. The second kappa shape index (κ2) is 7.94. The SMILES string of the molecule is COc1ccc2c(c1OC)=CN1CCc3cc4c(cc3C1C=2Cc1c(F)cccc1F)OCO4. The Morgan fingerprint density at radius 3 is 2.50 bits per heavy atom. The van der Waals surface area contributed by atoms with Crippen LogP contribution in [-0.4, -0.2) is 32.5 Å². The Morgan fingerprint density at radius 2 is 1.76 bits per heavy atom. The van der Waals surface area contributed by atoms with E-state index in [1.54, 1.807) is 14.2 Å². The van der Waals surface area contributed by atoms with Crippen molar-refractivity contribution in [3.05, 3.63) is 81.2 Å². The summed E-state index contributed by atoms with van der Waals surface area (Å²) in [5.74, 6) is 1.51. The predicted molar refractivity (Wildman–Crippen MR) is 122 cm³/mol. The van der Waals surface area contributed by atoms with Gasteiger partial charge in [0.15, 0.2) is 23.0 Å². The number of ether oxygens (including phenoxy) is 4. The molecule has 0 aromatic heterocycles. The normalized spacial score (nSPS) is 17.5. The largest absolute Gasteiger partial charge is 0.493 e. The highest BCUT2D eigenvalue weighted by molar-refractivity contribution is 5.67. The molecule has 7 heteroatoms. The molecule has 5 nitrogen and oxygen atoms in total.